The minimum Gasteiger partial charge on any atom is -0.494 e. The fraction of sp³-hybridized carbons (Fsp3) is 0.409. The molecule has 0 aliphatic carbocycles. The molecule has 6 nitrogen and oxygen atoms in total. The van der Waals surface area contributed by atoms with Gasteiger partial charge < -0.3 is 9.84 Å². The van der Waals surface area contributed by atoms with Gasteiger partial charge in [-0.15, -0.1) is 0 Å². The number of carbonyl (C=O) groups excluding carboxylic acids is 1. The number of ketones is 1. The Kier molecular flexibility index (Phi) is 7.39. The van der Waals surface area contributed by atoms with E-state index in [0.29, 0.717) is 24.3 Å². The van der Waals surface area contributed by atoms with Crippen molar-refractivity contribution in [3.05, 3.63) is 56.9 Å². The van der Waals surface area contributed by atoms with Gasteiger partial charge in [0.25, 0.3) is 5.56 Å². The molecular formula is C22H26N2O4. The van der Waals surface area contributed by atoms with Crippen LogP contribution in [0.5, 0.6) is 11.6 Å². The summed E-state index contributed by atoms with van der Waals surface area (Å²) >= 11 is 0. The topological polar surface area (TPSA) is 92.3 Å². The lowest BCUT2D eigenvalue weighted by Crippen LogP contribution is -2.27. The minimum absolute atomic E-state index is 0.0289. The highest BCUT2D eigenvalue weighted by Crippen LogP contribution is 2.29. The highest BCUT2D eigenvalue weighted by atomic mass is 16.5. The van der Waals surface area contributed by atoms with Gasteiger partial charge in [-0.3, -0.25) is 14.2 Å². The third kappa shape index (κ3) is 4.25. The standard InChI is InChI=1S/C22H26N2O4/c1-4-6-12-24-21(26)17(14-23)15(3)19(22(24)27)20(25)16-10-8-9-11-18(16)28-13-7-5-2/h8-11,27H,4-7,12-13H2,1-3H3. The second kappa shape index (κ2) is 9.75. The van der Waals surface area contributed by atoms with Crippen LogP contribution in [0, 0.1) is 18.3 Å². The zero-order chi connectivity index (χ0) is 20.7. The van der Waals surface area contributed by atoms with E-state index in [4.69, 9.17) is 4.74 Å². The van der Waals surface area contributed by atoms with Crippen LogP contribution in [0.3, 0.4) is 0 Å². The Labute approximate surface area is 165 Å². The largest absolute Gasteiger partial charge is 0.494 e. The van der Waals surface area contributed by atoms with Crippen LogP contribution in [0.4, 0.5) is 0 Å². The summed E-state index contributed by atoms with van der Waals surface area (Å²) in [4.78, 5) is 25.8. The first-order chi connectivity index (χ1) is 13.5. The number of aromatic hydroxyl groups is 1. The van der Waals surface area contributed by atoms with Crippen LogP contribution in [0.15, 0.2) is 29.1 Å². The Hall–Kier alpha value is -3.07. The van der Waals surface area contributed by atoms with E-state index in [1.807, 2.05) is 19.9 Å². The van der Waals surface area contributed by atoms with E-state index >= 15 is 0 Å². The predicted octanol–water partition coefficient (Wildman–Crippen LogP) is 3.94. The average Bonchev–Trinajstić information content (AvgIpc) is 2.68. The van der Waals surface area contributed by atoms with Crippen LogP contribution < -0.4 is 10.3 Å². The van der Waals surface area contributed by atoms with Gasteiger partial charge in [-0.05, 0) is 37.5 Å². The lowest BCUT2D eigenvalue weighted by molar-refractivity contribution is 0.103. The minimum atomic E-state index is -0.574. The molecule has 2 aromatic rings. The summed E-state index contributed by atoms with van der Waals surface area (Å²) in [6.45, 7) is 6.23. The van der Waals surface area contributed by atoms with Gasteiger partial charge in [-0.2, -0.15) is 5.26 Å². The van der Waals surface area contributed by atoms with E-state index in [0.717, 1.165) is 23.8 Å². The molecule has 0 unspecified atom stereocenters. The molecule has 0 radical (unpaired) electrons. The van der Waals surface area contributed by atoms with Crippen LogP contribution in [0.1, 0.15) is 66.6 Å². The molecule has 0 spiro atoms. The first-order valence-corrected chi connectivity index (χ1v) is 9.60. The lowest BCUT2D eigenvalue weighted by atomic mass is 9.96. The van der Waals surface area contributed by atoms with Gasteiger partial charge in [0.1, 0.15) is 17.4 Å². The number of nitriles is 1. The van der Waals surface area contributed by atoms with Crippen LogP contribution >= 0.6 is 0 Å². The Morgan fingerprint density at radius 2 is 1.89 bits per heavy atom. The Morgan fingerprint density at radius 3 is 2.54 bits per heavy atom. The summed E-state index contributed by atoms with van der Waals surface area (Å²) in [7, 11) is 0. The fourth-order valence-electron chi connectivity index (χ4n) is 2.99. The molecule has 6 heteroatoms. The van der Waals surface area contributed by atoms with Gasteiger partial charge in [0.15, 0.2) is 0 Å². The number of unbranched alkanes of at least 4 members (excludes halogenated alkanes) is 2. The molecule has 0 aliphatic heterocycles. The maximum absolute atomic E-state index is 13.3. The van der Waals surface area contributed by atoms with Crippen LogP contribution in [0.2, 0.25) is 0 Å². The summed E-state index contributed by atoms with van der Waals surface area (Å²) in [5.41, 5.74) is -0.247. The Morgan fingerprint density at radius 1 is 1.21 bits per heavy atom. The highest BCUT2D eigenvalue weighted by Gasteiger charge is 2.26. The number of pyridine rings is 1. The van der Waals surface area contributed by atoms with E-state index in [-0.39, 0.29) is 23.2 Å². The summed E-state index contributed by atoms with van der Waals surface area (Å²) in [5, 5.41) is 20.2. The molecule has 1 N–H and O–H groups in total. The third-order valence-electron chi connectivity index (χ3n) is 4.65. The number of benzene rings is 1. The Bertz CT molecular complexity index is 954. The molecule has 0 saturated carbocycles. The first kappa shape index (κ1) is 21.2. The van der Waals surface area contributed by atoms with Crippen LogP contribution in [0.25, 0.3) is 0 Å². The van der Waals surface area contributed by atoms with E-state index in [1.165, 1.54) is 6.92 Å². The predicted molar refractivity (Wildman–Crippen MR) is 107 cm³/mol. The number of carbonyl (C=O) groups is 1. The van der Waals surface area contributed by atoms with Gasteiger partial charge in [0.2, 0.25) is 11.7 Å². The zero-order valence-electron chi connectivity index (χ0n) is 16.6. The monoisotopic (exact) mass is 382 g/mol. The molecule has 0 aliphatic rings. The molecule has 28 heavy (non-hydrogen) atoms. The normalized spacial score (nSPS) is 10.5. The van der Waals surface area contributed by atoms with Crippen molar-refractivity contribution in [3.63, 3.8) is 0 Å². The van der Waals surface area contributed by atoms with Crippen molar-refractivity contribution in [2.24, 2.45) is 0 Å². The maximum atomic E-state index is 13.3. The second-order valence-corrected chi connectivity index (χ2v) is 6.65. The molecule has 2 rings (SSSR count). The number of hydrogen-bond donors (Lipinski definition) is 1. The number of ether oxygens (including phenoxy) is 1. The number of rotatable bonds is 9. The van der Waals surface area contributed by atoms with Gasteiger partial charge in [-0.25, -0.2) is 0 Å². The van der Waals surface area contributed by atoms with Gasteiger partial charge in [0, 0.05) is 6.54 Å². The molecule has 0 fully saturated rings. The molecule has 1 aromatic heterocycles. The van der Waals surface area contributed by atoms with Crippen molar-refractivity contribution in [2.75, 3.05) is 6.61 Å². The van der Waals surface area contributed by atoms with Crippen molar-refractivity contribution >= 4 is 5.78 Å². The van der Waals surface area contributed by atoms with E-state index in [1.54, 1.807) is 24.3 Å². The van der Waals surface area contributed by atoms with Crippen molar-refractivity contribution < 1.29 is 14.6 Å². The quantitative estimate of drug-likeness (QED) is 0.524. The molecule has 0 bridgehead atoms. The Balaban J connectivity index is 2.61. The number of hydrogen-bond acceptors (Lipinski definition) is 5. The summed E-state index contributed by atoms with van der Waals surface area (Å²) in [6, 6.07) is 8.69. The molecule has 0 atom stereocenters. The van der Waals surface area contributed by atoms with Crippen molar-refractivity contribution in [1.82, 2.24) is 4.57 Å². The molecule has 1 aromatic carbocycles. The first-order valence-electron chi connectivity index (χ1n) is 9.60. The van der Waals surface area contributed by atoms with E-state index < -0.39 is 17.2 Å². The van der Waals surface area contributed by atoms with Gasteiger partial charge >= 0.3 is 0 Å². The van der Waals surface area contributed by atoms with Gasteiger partial charge in [0.05, 0.1) is 17.7 Å². The number of nitrogens with zero attached hydrogens (tertiary/aromatic N) is 2. The van der Waals surface area contributed by atoms with Crippen molar-refractivity contribution in [1.29, 1.82) is 5.26 Å². The molecular weight excluding hydrogens is 356 g/mol. The SMILES string of the molecule is CCCCOc1ccccc1C(=O)c1c(C)c(C#N)c(=O)n(CCCC)c1O. The van der Waals surface area contributed by atoms with Crippen LogP contribution in [-0.2, 0) is 6.54 Å². The third-order valence-corrected chi connectivity index (χ3v) is 4.65. The van der Waals surface area contributed by atoms with E-state index in [2.05, 4.69) is 0 Å². The number of para-hydroxylation sites is 1. The zero-order valence-corrected chi connectivity index (χ0v) is 16.6. The maximum Gasteiger partial charge on any atom is 0.271 e. The summed E-state index contributed by atoms with van der Waals surface area (Å²) in [6.07, 6.45) is 3.27. The van der Waals surface area contributed by atoms with Crippen molar-refractivity contribution in [2.45, 2.75) is 53.0 Å². The van der Waals surface area contributed by atoms with Crippen molar-refractivity contribution in [3.8, 4) is 17.7 Å². The molecule has 148 valence electrons. The highest BCUT2D eigenvalue weighted by molar-refractivity contribution is 6.13. The second-order valence-electron chi connectivity index (χ2n) is 6.65. The lowest BCUT2D eigenvalue weighted by Gasteiger charge is -2.16. The summed E-state index contributed by atoms with van der Waals surface area (Å²) < 4.78 is 6.85. The van der Waals surface area contributed by atoms with Crippen LogP contribution in [-0.4, -0.2) is 22.1 Å². The molecule has 1 heterocycles. The molecule has 0 amide bonds. The smallest absolute Gasteiger partial charge is 0.271 e. The molecule has 0 saturated heterocycles. The van der Waals surface area contributed by atoms with Gasteiger partial charge in [-0.1, -0.05) is 38.8 Å². The average molecular weight is 382 g/mol. The number of aromatic nitrogens is 1. The summed E-state index contributed by atoms with van der Waals surface area (Å²) in [5.74, 6) is -0.447. The van der Waals surface area contributed by atoms with E-state index in [9.17, 15) is 20.0 Å². The fourth-order valence-corrected chi connectivity index (χ4v) is 2.99.